The molecule has 3 heterocycles. The van der Waals surface area contributed by atoms with Crippen molar-refractivity contribution >= 4 is 28.8 Å². The molecule has 0 fully saturated rings. The Morgan fingerprint density at radius 2 is 1.67 bits per heavy atom. The monoisotopic (exact) mass is 551 g/mol. The second kappa shape index (κ2) is 9.79. The van der Waals surface area contributed by atoms with E-state index in [1.807, 2.05) is 30.3 Å². The van der Waals surface area contributed by atoms with E-state index in [1.54, 1.807) is 30.5 Å². The van der Waals surface area contributed by atoms with Gasteiger partial charge in [0.25, 0.3) is 5.91 Å². The lowest BCUT2D eigenvalue weighted by Gasteiger charge is -2.19. The number of carbonyl (C=O) groups is 1. The maximum atomic E-state index is 13.9. The molecule has 7 nitrogen and oxygen atoms in total. The Kier molecular flexibility index (Phi) is 6.61. The molecule has 3 aromatic heterocycles. The van der Waals surface area contributed by atoms with Crippen molar-refractivity contribution in [3.63, 3.8) is 0 Å². The number of amides is 1. The molecule has 0 aliphatic rings. The van der Waals surface area contributed by atoms with Gasteiger partial charge in [0.15, 0.2) is 11.5 Å². The van der Waals surface area contributed by atoms with Gasteiger partial charge < -0.3 is 10.4 Å². The number of nitrogens with zero attached hydrogens (tertiary/aromatic N) is 4. The van der Waals surface area contributed by atoms with Gasteiger partial charge in [-0.25, -0.2) is 15.0 Å². The number of pyridine rings is 1. The van der Waals surface area contributed by atoms with Gasteiger partial charge in [-0.05, 0) is 43.7 Å². The number of aliphatic hydroxyl groups is 1. The number of nitrogens with one attached hydrogen (secondary N) is 1. The Morgan fingerprint density at radius 1 is 0.974 bits per heavy atom. The number of hydrogen-bond acceptors (Lipinski definition) is 5. The molecular formula is C28H21ClF3N5O2. The maximum Gasteiger partial charge on any atom is 0.417 e. The fourth-order valence-electron chi connectivity index (χ4n) is 4.27. The lowest BCUT2D eigenvalue weighted by Crippen LogP contribution is -2.19. The van der Waals surface area contributed by atoms with E-state index in [1.165, 1.54) is 24.7 Å². The number of hydrogen-bond donors (Lipinski definition) is 2. The molecule has 0 saturated heterocycles. The average molecular weight is 552 g/mol. The number of rotatable bonds is 5. The molecule has 0 bridgehead atoms. The highest BCUT2D eigenvalue weighted by Gasteiger charge is 2.36. The van der Waals surface area contributed by atoms with Gasteiger partial charge in [0.2, 0.25) is 0 Å². The van der Waals surface area contributed by atoms with Gasteiger partial charge in [-0.2, -0.15) is 13.2 Å². The van der Waals surface area contributed by atoms with Crippen LogP contribution in [0.15, 0.2) is 79.4 Å². The number of imidazole rings is 1. The number of anilines is 1. The highest BCUT2D eigenvalue weighted by molar-refractivity contribution is 6.35. The first-order valence-corrected chi connectivity index (χ1v) is 12.1. The third-order valence-corrected chi connectivity index (χ3v) is 6.41. The number of alkyl halides is 3. The van der Waals surface area contributed by atoms with Crippen molar-refractivity contribution in [2.75, 3.05) is 5.32 Å². The van der Waals surface area contributed by atoms with E-state index in [9.17, 15) is 23.1 Å². The fraction of sp³-hybridized carbons (Fsp3) is 0.143. The van der Waals surface area contributed by atoms with E-state index in [0.717, 1.165) is 11.6 Å². The van der Waals surface area contributed by atoms with Crippen molar-refractivity contribution in [1.29, 1.82) is 0 Å². The van der Waals surface area contributed by atoms with Crippen LogP contribution in [0.25, 0.3) is 28.2 Å². The Morgan fingerprint density at radius 3 is 2.31 bits per heavy atom. The molecule has 39 heavy (non-hydrogen) atoms. The van der Waals surface area contributed by atoms with Crippen molar-refractivity contribution in [2.24, 2.45) is 0 Å². The van der Waals surface area contributed by atoms with Crippen LogP contribution in [-0.4, -0.2) is 30.4 Å². The van der Waals surface area contributed by atoms with Crippen molar-refractivity contribution in [3.8, 4) is 22.5 Å². The molecule has 198 valence electrons. The second-order valence-corrected chi connectivity index (χ2v) is 9.68. The van der Waals surface area contributed by atoms with Crippen LogP contribution < -0.4 is 5.32 Å². The van der Waals surface area contributed by atoms with Crippen LogP contribution in [-0.2, 0) is 11.8 Å². The predicted octanol–water partition coefficient (Wildman–Crippen LogP) is 6.61. The number of carbonyl (C=O) groups excluding carboxylic acids is 1. The van der Waals surface area contributed by atoms with Crippen LogP contribution >= 0.6 is 11.6 Å². The SMILES string of the molecule is CC(C)(O)c1cnc2c(NC(=O)c3cc(-c4ncccn4)c(C(F)(F)F)cc3Cl)c(-c3ccccc3)ccn12. The minimum absolute atomic E-state index is 0.203. The van der Waals surface area contributed by atoms with Crippen LogP contribution in [0, 0.1) is 0 Å². The summed E-state index contributed by atoms with van der Waals surface area (Å²) in [5.41, 5.74) is -0.426. The highest BCUT2D eigenvalue weighted by atomic mass is 35.5. The van der Waals surface area contributed by atoms with Crippen LogP contribution in [0.1, 0.15) is 35.5 Å². The van der Waals surface area contributed by atoms with E-state index >= 15 is 0 Å². The zero-order chi connectivity index (χ0) is 27.9. The third-order valence-electron chi connectivity index (χ3n) is 6.09. The minimum Gasteiger partial charge on any atom is -0.384 e. The standard InChI is InChI=1S/C28H21ClF3N5O2/c1-27(2,39)22-15-35-25-23(17(9-12-37(22)25)16-7-4-3-5-8-16)36-26(38)19-13-18(24-33-10-6-11-34-24)20(14-21(19)29)28(30,31)32/h3-15,39H,1-2H3,(H,36,38). The summed E-state index contributed by atoms with van der Waals surface area (Å²) < 4.78 is 43.2. The number of benzene rings is 2. The zero-order valence-electron chi connectivity index (χ0n) is 20.7. The van der Waals surface area contributed by atoms with Gasteiger partial charge in [-0.3, -0.25) is 9.20 Å². The molecule has 0 unspecified atom stereocenters. The van der Waals surface area contributed by atoms with Gasteiger partial charge >= 0.3 is 6.18 Å². The molecule has 0 atom stereocenters. The van der Waals surface area contributed by atoms with E-state index in [2.05, 4.69) is 20.3 Å². The number of aromatic nitrogens is 4. The lowest BCUT2D eigenvalue weighted by atomic mass is 10.0. The summed E-state index contributed by atoms with van der Waals surface area (Å²) in [6, 6.07) is 14.2. The first kappa shape index (κ1) is 26.3. The second-order valence-electron chi connectivity index (χ2n) is 9.27. The summed E-state index contributed by atoms with van der Waals surface area (Å²) in [4.78, 5) is 25.9. The summed E-state index contributed by atoms with van der Waals surface area (Å²) in [7, 11) is 0. The van der Waals surface area contributed by atoms with E-state index < -0.39 is 28.3 Å². The van der Waals surface area contributed by atoms with E-state index in [0.29, 0.717) is 23.0 Å². The highest BCUT2D eigenvalue weighted by Crippen LogP contribution is 2.40. The van der Waals surface area contributed by atoms with Gasteiger partial charge in [0.05, 0.1) is 33.7 Å². The van der Waals surface area contributed by atoms with Gasteiger partial charge in [0.1, 0.15) is 5.60 Å². The fourth-order valence-corrected chi connectivity index (χ4v) is 4.52. The summed E-state index contributed by atoms with van der Waals surface area (Å²) in [5, 5.41) is 13.0. The van der Waals surface area contributed by atoms with Crippen molar-refractivity contribution < 1.29 is 23.1 Å². The van der Waals surface area contributed by atoms with Gasteiger partial charge in [-0.15, -0.1) is 0 Å². The maximum absolute atomic E-state index is 13.9. The van der Waals surface area contributed by atoms with Crippen molar-refractivity contribution in [2.45, 2.75) is 25.6 Å². The Bertz CT molecular complexity index is 1680. The zero-order valence-corrected chi connectivity index (χ0v) is 21.4. The normalized spacial score (nSPS) is 12.1. The molecule has 11 heteroatoms. The topological polar surface area (TPSA) is 92.4 Å². The molecule has 0 aliphatic carbocycles. The third kappa shape index (κ3) is 5.08. The molecule has 2 aromatic carbocycles. The summed E-state index contributed by atoms with van der Waals surface area (Å²) in [6.07, 6.45) is 1.08. The smallest absolute Gasteiger partial charge is 0.384 e. The van der Waals surface area contributed by atoms with Crippen LogP contribution in [0.5, 0.6) is 0 Å². The van der Waals surface area contributed by atoms with Gasteiger partial charge in [0, 0.05) is 29.7 Å². The Hall–Kier alpha value is -4.28. The van der Waals surface area contributed by atoms with Crippen molar-refractivity contribution in [3.05, 3.63) is 101 Å². The molecule has 0 aliphatic heterocycles. The van der Waals surface area contributed by atoms with Crippen LogP contribution in [0.2, 0.25) is 5.02 Å². The van der Waals surface area contributed by atoms with E-state index in [-0.39, 0.29) is 22.6 Å². The Balaban J connectivity index is 1.67. The molecule has 5 aromatic rings. The molecule has 2 N–H and O–H groups in total. The summed E-state index contributed by atoms with van der Waals surface area (Å²) in [5.74, 6) is -0.963. The summed E-state index contributed by atoms with van der Waals surface area (Å²) in [6.45, 7) is 3.21. The summed E-state index contributed by atoms with van der Waals surface area (Å²) >= 11 is 6.24. The predicted molar refractivity (Wildman–Crippen MR) is 141 cm³/mol. The molecule has 0 spiro atoms. The average Bonchev–Trinajstić information content (AvgIpc) is 3.35. The molecule has 0 saturated carbocycles. The molecule has 5 rings (SSSR count). The first-order chi connectivity index (χ1) is 18.4. The minimum atomic E-state index is -4.76. The Labute approximate surface area is 226 Å². The molecular weight excluding hydrogens is 531 g/mol. The first-order valence-electron chi connectivity index (χ1n) is 11.7. The molecule has 1 amide bonds. The lowest BCUT2D eigenvalue weighted by molar-refractivity contribution is -0.137. The number of halogens is 4. The quantitative estimate of drug-likeness (QED) is 0.256. The van der Waals surface area contributed by atoms with Crippen molar-refractivity contribution in [1.82, 2.24) is 19.4 Å². The molecule has 0 radical (unpaired) electrons. The van der Waals surface area contributed by atoms with Gasteiger partial charge in [-0.1, -0.05) is 41.9 Å². The van der Waals surface area contributed by atoms with E-state index in [4.69, 9.17) is 11.6 Å². The number of fused-ring (bicyclic) bond motifs is 1. The van der Waals surface area contributed by atoms with Crippen LogP contribution in [0.3, 0.4) is 0 Å². The van der Waals surface area contributed by atoms with Crippen LogP contribution in [0.4, 0.5) is 18.9 Å². The largest absolute Gasteiger partial charge is 0.417 e.